The molecule has 2 amide bonds. The normalized spacial score (nSPS) is 43.6. The van der Waals surface area contributed by atoms with E-state index >= 15 is 0 Å². The molecule has 2 N–H and O–H groups in total. The van der Waals surface area contributed by atoms with E-state index in [-0.39, 0.29) is 17.9 Å². The third-order valence-electron chi connectivity index (χ3n) is 9.89. The van der Waals surface area contributed by atoms with Crippen LogP contribution in [0.2, 0.25) is 0 Å². The van der Waals surface area contributed by atoms with Crippen molar-refractivity contribution < 1.29 is 14.3 Å². The minimum atomic E-state index is -0.454. The number of nitrogens with one attached hydrogen (secondary N) is 1. The molecule has 7 aliphatic rings. The van der Waals surface area contributed by atoms with Crippen molar-refractivity contribution in [1.82, 2.24) is 10.2 Å². The Labute approximate surface area is 189 Å². The lowest BCUT2D eigenvalue weighted by Crippen LogP contribution is -2.64. The maximum Gasteiger partial charge on any atom is 0.318 e. The first-order valence-electron chi connectivity index (χ1n) is 12.8. The lowest BCUT2D eigenvalue weighted by Gasteiger charge is -2.58. The number of benzene rings is 1. The topological polar surface area (TPSA) is 55.8 Å². The van der Waals surface area contributed by atoms with Crippen LogP contribution in [0.5, 0.6) is 0 Å². The summed E-state index contributed by atoms with van der Waals surface area (Å²) in [7, 11) is 0. The van der Waals surface area contributed by atoms with Crippen LogP contribution in [0.3, 0.4) is 0 Å². The number of carbonyl (C=O) groups excluding carboxylic acids is 1. The molecule has 6 heteroatoms. The van der Waals surface area contributed by atoms with Crippen molar-refractivity contribution in [3.8, 4) is 0 Å². The third-order valence-corrected chi connectivity index (χ3v) is 9.89. The molecular formula is C26H34FN3O2. The fraction of sp³-hybridized carbons (Fsp3) is 0.731. The zero-order valence-corrected chi connectivity index (χ0v) is 18.7. The van der Waals surface area contributed by atoms with E-state index in [0.717, 1.165) is 63.5 Å². The molecule has 6 bridgehead atoms. The molecule has 0 radical (unpaired) electrons. The Morgan fingerprint density at radius 3 is 2.44 bits per heavy atom. The highest BCUT2D eigenvalue weighted by atomic mass is 19.1. The number of aliphatic hydroxyl groups is 1. The number of carbonyl (C=O) groups is 1. The number of nitrogens with zero attached hydrogens (tertiary/aromatic N) is 2. The van der Waals surface area contributed by atoms with Crippen LogP contribution in [-0.4, -0.2) is 52.4 Å². The van der Waals surface area contributed by atoms with E-state index in [1.165, 1.54) is 18.5 Å². The number of fused-ring (bicyclic) bond motifs is 3. The predicted molar refractivity (Wildman–Crippen MR) is 120 cm³/mol. The number of rotatable bonds is 2. The summed E-state index contributed by atoms with van der Waals surface area (Å²) in [5, 5.41) is 14.3. The molecule has 2 unspecified atom stereocenters. The van der Waals surface area contributed by atoms with Crippen molar-refractivity contribution in [2.45, 2.75) is 94.0 Å². The van der Waals surface area contributed by atoms with Gasteiger partial charge < -0.3 is 20.2 Å². The standard InChI is InChI=1S/C26H34FN3O2/c27-19-1-4-23-16(9-19)5-6-29(23)22-10-20-2-3-21(11-22)30(20)25(31)28-24-17-7-15-8-18(24)14-26(32,12-15)13-17/h1,4,9,15,17-18,20-22,24,32H,2-3,5-8,10-14H2,(H,28,31)/t15?,17?,18?,20-,21+,22+,24?,26?. The second-order valence-electron chi connectivity index (χ2n) is 11.8. The summed E-state index contributed by atoms with van der Waals surface area (Å²) in [5.41, 5.74) is 1.87. The molecule has 3 heterocycles. The minimum absolute atomic E-state index is 0.143. The number of piperidine rings is 1. The molecule has 1 aromatic rings. The quantitative estimate of drug-likeness (QED) is 0.736. The molecule has 8 rings (SSSR count). The van der Waals surface area contributed by atoms with Gasteiger partial charge in [-0.3, -0.25) is 0 Å². The fourth-order valence-corrected chi connectivity index (χ4v) is 8.94. The molecular weight excluding hydrogens is 405 g/mol. The van der Waals surface area contributed by atoms with E-state index in [4.69, 9.17) is 0 Å². The summed E-state index contributed by atoms with van der Waals surface area (Å²) < 4.78 is 13.6. The fourth-order valence-electron chi connectivity index (χ4n) is 8.94. The van der Waals surface area contributed by atoms with Crippen molar-refractivity contribution >= 4 is 11.7 Å². The second kappa shape index (κ2) is 6.85. The summed E-state index contributed by atoms with van der Waals surface area (Å²) >= 11 is 0. The van der Waals surface area contributed by atoms with E-state index in [0.29, 0.717) is 35.9 Å². The molecule has 4 aliphatic carbocycles. The van der Waals surface area contributed by atoms with Crippen LogP contribution in [0.15, 0.2) is 18.2 Å². The van der Waals surface area contributed by atoms with Crippen molar-refractivity contribution in [3.05, 3.63) is 29.6 Å². The van der Waals surface area contributed by atoms with Gasteiger partial charge in [0, 0.05) is 36.4 Å². The molecule has 0 spiro atoms. The number of urea groups is 1. The van der Waals surface area contributed by atoms with Crippen LogP contribution in [-0.2, 0) is 6.42 Å². The van der Waals surface area contributed by atoms with Crippen LogP contribution in [0, 0.1) is 23.6 Å². The molecule has 0 aromatic heterocycles. The largest absolute Gasteiger partial charge is 0.390 e. The van der Waals surface area contributed by atoms with E-state index in [2.05, 4.69) is 15.1 Å². The van der Waals surface area contributed by atoms with Gasteiger partial charge >= 0.3 is 6.03 Å². The van der Waals surface area contributed by atoms with Crippen LogP contribution in [0.25, 0.3) is 0 Å². The Hall–Kier alpha value is -1.82. The van der Waals surface area contributed by atoms with Crippen LogP contribution >= 0.6 is 0 Å². The third kappa shape index (κ3) is 2.94. The van der Waals surface area contributed by atoms with Gasteiger partial charge in [0.25, 0.3) is 0 Å². The monoisotopic (exact) mass is 439 g/mol. The average Bonchev–Trinajstić information content (AvgIpc) is 3.27. The molecule has 1 aromatic carbocycles. The summed E-state index contributed by atoms with van der Waals surface area (Å²) in [5.74, 6) is 1.42. The summed E-state index contributed by atoms with van der Waals surface area (Å²) in [6.07, 6.45) is 10.2. The van der Waals surface area contributed by atoms with Crippen LogP contribution < -0.4 is 10.2 Å². The van der Waals surface area contributed by atoms with Gasteiger partial charge in [0.1, 0.15) is 5.82 Å². The number of halogens is 1. The lowest BCUT2D eigenvalue weighted by molar-refractivity contribution is -0.137. The number of anilines is 1. The highest BCUT2D eigenvalue weighted by molar-refractivity contribution is 5.76. The maximum absolute atomic E-state index is 13.6. The van der Waals surface area contributed by atoms with Gasteiger partial charge in [-0.2, -0.15) is 0 Å². The highest BCUT2D eigenvalue weighted by Crippen LogP contribution is 2.55. The first kappa shape index (κ1) is 19.6. The Kier molecular flexibility index (Phi) is 4.20. The van der Waals surface area contributed by atoms with Crippen molar-refractivity contribution in [3.63, 3.8) is 0 Å². The van der Waals surface area contributed by atoms with Gasteiger partial charge in [0.15, 0.2) is 0 Å². The van der Waals surface area contributed by atoms with Gasteiger partial charge in [0.2, 0.25) is 0 Å². The number of hydrogen-bond acceptors (Lipinski definition) is 3. The molecule has 4 saturated carbocycles. The van der Waals surface area contributed by atoms with E-state index in [9.17, 15) is 14.3 Å². The zero-order valence-electron chi connectivity index (χ0n) is 18.7. The zero-order chi connectivity index (χ0) is 21.6. The van der Waals surface area contributed by atoms with Gasteiger partial charge in [-0.25, -0.2) is 9.18 Å². The SMILES string of the molecule is O=C(NC1C2CC3CC1CC(O)(C3)C2)N1[C@@H]2CC[C@H]1C[C@@H](N1CCc3cc(F)ccc31)C2. The van der Waals surface area contributed by atoms with Crippen molar-refractivity contribution in [1.29, 1.82) is 0 Å². The Morgan fingerprint density at radius 2 is 1.75 bits per heavy atom. The highest BCUT2D eigenvalue weighted by Gasteiger charge is 2.56. The van der Waals surface area contributed by atoms with Crippen LogP contribution in [0.1, 0.15) is 63.4 Å². The molecule has 5 atom stereocenters. The molecule has 6 fully saturated rings. The number of amides is 2. The molecule has 3 aliphatic heterocycles. The molecule has 32 heavy (non-hydrogen) atoms. The van der Waals surface area contributed by atoms with Gasteiger partial charge in [0.05, 0.1) is 5.60 Å². The Bertz CT molecular complexity index is 923. The Balaban J connectivity index is 1.05. The lowest BCUT2D eigenvalue weighted by atomic mass is 9.52. The summed E-state index contributed by atoms with van der Waals surface area (Å²) in [6.45, 7) is 0.963. The van der Waals surface area contributed by atoms with Gasteiger partial charge in [-0.15, -0.1) is 0 Å². The van der Waals surface area contributed by atoms with E-state index < -0.39 is 5.60 Å². The predicted octanol–water partition coefficient (Wildman–Crippen LogP) is 3.83. The first-order chi connectivity index (χ1) is 15.5. The molecule has 2 saturated heterocycles. The summed E-state index contributed by atoms with van der Waals surface area (Å²) in [4.78, 5) is 18.2. The van der Waals surface area contributed by atoms with Gasteiger partial charge in [-0.05, 0) is 106 Å². The van der Waals surface area contributed by atoms with Crippen molar-refractivity contribution in [2.75, 3.05) is 11.4 Å². The molecule has 5 nitrogen and oxygen atoms in total. The minimum Gasteiger partial charge on any atom is -0.390 e. The summed E-state index contributed by atoms with van der Waals surface area (Å²) in [6, 6.07) is 6.66. The van der Waals surface area contributed by atoms with Gasteiger partial charge in [-0.1, -0.05) is 0 Å². The number of hydrogen-bond donors (Lipinski definition) is 2. The smallest absolute Gasteiger partial charge is 0.318 e. The Morgan fingerprint density at radius 1 is 1.03 bits per heavy atom. The van der Waals surface area contributed by atoms with E-state index in [1.54, 1.807) is 12.1 Å². The van der Waals surface area contributed by atoms with Crippen molar-refractivity contribution in [2.24, 2.45) is 17.8 Å². The first-order valence-corrected chi connectivity index (χ1v) is 12.8. The molecule has 172 valence electrons. The van der Waals surface area contributed by atoms with Crippen LogP contribution in [0.4, 0.5) is 14.9 Å². The maximum atomic E-state index is 13.6. The average molecular weight is 440 g/mol. The van der Waals surface area contributed by atoms with E-state index in [1.807, 2.05) is 6.07 Å². The second-order valence-corrected chi connectivity index (χ2v) is 11.8.